The first-order chi connectivity index (χ1) is 17.2. The summed E-state index contributed by atoms with van der Waals surface area (Å²) in [6.07, 6.45) is 1.96. The minimum Gasteiger partial charge on any atom is -0.453 e. The first-order valence-electron chi connectivity index (χ1n) is 10.8. The SMILES string of the molecule is O=C(Nc1ccc(F)cc1)C1(C(=O)Nc2cc(F)c(Oc3ccnc4cc(Br)ccc34)cc2F)CC1. The van der Waals surface area contributed by atoms with Crippen LogP contribution in [0.1, 0.15) is 12.8 Å². The highest BCUT2D eigenvalue weighted by Gasteiger charge is 2.56. The first-order valence-corrected chi connectivity index (χ1v) is 11.6. The molecule has 0 atom stereocenters. The summed E-state index contributed by atoms with van der Waals surface area (Å²) < 4.78 is 49.2. The summed E-state index contributed by atoms with van der Waals surface area (Å²) in [6, 6.07) is 13.5. The fourth-order valence-electron chi connectivity index (χ4n) is 3.71. The number of hydrogen-bond donors (Lipinski definition) is 2. The van der Waals surface area contributed by atoms with Crippen LogP contribution in [-0.4, -0.2) is 16.8 Å². The van der Waals surface area contributed by atoms with Crippen LogP contribution in [0.4, 0.5) is 24.5 Å². The Bertz CT molecular complexity index is 1510. The molecule has 1 saturated carbocycles. The molecule has 1 heterocycles. The molecule has 0 unspecified atom stereocenters. The average molecular weight is 556 g/mol. The molecule has 5 rings (SSSR count). The molecule has 1 aliphatic carbocycles. The summed E-state index contributed by atoms with van der Waals surface area (Å²) >= 11 is 3.36. The summed E-state index contributed by atoms with van der Waals surface area (Å²) in [7, 11) is 0. The van der Waals surface area contributed by atoms with Crippen LogP contribution < -0.4 is 15.4 Å². The molecule has 2 amide bonds. The number of carbonyl (C=O) groups is 2. The zero-order chi connectivity index (χ0) is 25.4. The van der Waals surface area contributed by atoms with Gasteiger partial charge in [0, 0.05) is 33.9 Å². The molecule has 6 nitrogen and oxygen atoms in total. The molecule has 0 saturated heterocycles. The highest BCUT2D eigenvalue weighted by Crippen LogP contribution is 2.48. The minimum absolute atomic E-state index is 0.238. The number of anilines is 2. The molecular weight excluding hydrogens is 539 g/mol. The second-order valence-electron chi connectivity index (χ2n) is 8.33. The Labute approximate surface area is 211 Å². The lowest BCUT2D eigenvalue weighted by Gasteiger charge is -2.16. The van der Waals surface area contributed by atoms with E-state index in [-0.39, 0.29) is 24.3 Å². The number of rotatable bonds is 6. The maximum Gasteiger partial charge on any atom is 0.240 e. The second-order valence-corrected chi connectivity index (χ2v) is 9.25. The summed E-state index contributed by atoms with van der Waals surface area (Å²) in [5.74, 6) is -3.79. The van der Waals surface area contributed by atoms with E-state index >= 15 is 0 Å². The van der Waals surface area contributed by atoms with Crippen molar-refractivity contribution in [3.05, 3.63) is 88.8 Å². The van der Waals surface area contributed by atoms with Crippen molar-refractivity contribution in [2.75, 3.05) is 10.6 Å². The Kier molecular flexibility index (Phi) is 6.13. The normalized spacial score (nSPS) is 13.8. The van der Waals surface area contributed by atoms with Gasteiger partial charge < -0.3 is 15.4 Å². The van der Waals surface area contributed by atoms with Gasteiger partial charge in [0.1, 0.15) is 17.0 Å². The van der Waals surface area contributed by atoms with Gasteiger partial charge in [0.25, 0.3) is 0 Å². The zero-order valence-corrected chi connectivity index (χ0v) is 20.0. The van der Waals surface area contributed by atoms with Gasteiger partial charge in [-0.15, -0.1) is 0 Å². The maximum absolute atomic E-state index is 14.8. The van der Waals surface area contributed by atoms with Crippen LogP contribution >= 0.6 is 15.9 Å². The summed E-state index contributed by atoms with van der Waals surface area (Å²) in [6.45, 7) is 0. The molecular formula is C26H17BrF3N3O3. The van der Waals surface area contributed by atoms with Crippen molar-refractivity contribution in [3.8, 4) is 11.5 Å². The average Bonchev–Trinajstić information content (AvgIpc) is 3.66. The number of carbonyl (C=O) groups excluding carboxylic acids is 2. The highest BCUT2D eigenvalue weighted by molar-refractivity contribution is 9.10. The molecule has 0 aliphatic heterocycles. The fraction of sp³-hybridized carbons (Fsp3) is 0.115. The first kappa shape index (κ1) is 23.8. The van der Waals surface area contributed by atoms with Gasteiger partial charge >= 0.3 is 0 Å². The lowest BCUT2D eigenvalue weighted by atomic mass is 10.0. The van der Waals surface area contributed by atoms with Gasteiger partial charge in [0.2, 0.25) is 11.8 Å². The second kappa shape index (κ2) is 9.27. The molecule has 4 aromatic rings. The lowest BCUT2D eigenvalue weighted by molar-refractivity contribution is -0.131. The number of fused-ring (bicyclic) bond motifs is 1. The molecule has 2 N–H and O–H groups in total. The Morgan fingerprint density at radius 1 is 0.861 bits per heavy atom. The van der Waals surface area contributed by atoms with Crippen LogP contribution in [0.5, 0.6) is 11.5 Å². The lowest BCUT2D eigenvalue weighted by Crippen LogP contribution is -2.35. The van der Waals surface area contributed by atoms with Crippen LogP contribution in [-0.2, 0) is 9.59 Å². The minimum atomic E-state index is -1.42. The molecule has 0 spiro atoms. The number of pyridine rings is 1. The number of benzene rings is 3. The topological polar surface area (TPSA) is 80.3 Å². The van der Waals surface area contributed by atoms with E-state index < -0.39 is 40.4 Å². The van der Waals surface area contributed by atoms with E-state index in [0.29, 0.717) is 16.6 Å². The Hall–Kier alpha value is -3.92. The van der Waals surface area contributed by atoms with Gasteiger partial charge in [-0.05, 0) is 61.4 Å². The van der Waals surface area contributed by atoms with Crippen molar-refractivity contribution in [1.29, 1.82) is 0 Å². The Balaban J connectivity index is 1.33. The smallest absolute Gasteiger partial charge is 0.240 e. The van der Waals surface area contributed by atoms with Crippen molar-refractivity contribution in [2.45, 2.75) is 12.8 Å². The van der Waals surface area contributed by atoms with Crippen molar-refractivity contribution in [1.82, 2.24) is 4.98 Å². The number of amides is 2. The largest absolute Gasteiger partial charge is 0.453 e. The third-order valence-corrected chi connectivity index (χ3v) is 6.37. The molecule has 0 bridgehead atoms. The van der Waals surface area contributed by atoms with Crippen molar-refractivity contribution in [3.63, 3.8) is 0 Å². The van der Waals surface area contributed by atoms with E-state index in [1.165, 1.54) is 36.5 Å². The van der Waals surface area contributed by atoms with Crippen LogP contribution in [0, 0.1) is 22.9 Å². The van der Waals surface area contributed by atoms with E-state index in [1.54, 1.807) is 18.2 Å². The van der Waals surface area contributed by atoms with E-state index in [9.17, 15) is 22.8 Å². The standard InChI is InChI=1S/C26H17BrF3N3O3/c27-14-1-6-17-20(11-14)31-10-7-22(17)36-23-13-18(29)21(12-19(23)30)33-25(35)26(8-9-26)24(34)32-16-4-2-15(28)3-5-16/h1-7,10-13H,8-9H2,(H,32,34)(H,33,35). The van der Waals surface area contributed by atoms with Gasteiger partial charge in [0.05, 0.1) is 11.2 Å². The number of nitrogens with one attached hydrogen (secondary N) is 2. The summed E-state index contributed by atoms with van der Waals surface area (Å²) in [4.78, 5) is 29.8. The molecule has 1 aliphatic rings. The van der Waals surface area contributed by atoms with Crippen molar-refractivity contribution < 1.29 is 27.5 Å². The van der Waals surface area contributed by atoms with Gasteiger partial charge in [-0.2, -0.15) is 0 Å². The van der Waals surface area contributed by atoms with Crippen LogP contribution in [0.2, 0.25) is 0 Å². The van der Waals surface area contributed by atoms with E-state index in [1.807, 2.05) is 0 Å². The Morgan fingerprint density at radius 2 is 1.58 bits per heavy atom. The third kappa shape index (κ3) is 4.64. The monoisotopic (exact) mass is 555 g/mol. The number of aromatic nitrogens is 1. The molecule has 0 radical (unpaired) electrons. The van der Waals surface area contributed by atoms with E-state index in [2.05, 4.69) is 31.5 Å². The fourth-order valence-corrected chi connectivity index (χ4v) is 4.06. The predicted molar refractivity (Wildman–Crippen MR) is 131 cm³/mol. The predicted octanol–water partition coefficient (Wildman–Crippen LogP) is 6.56. The molecule has 1 aromatic heterocycles. The van der Waals surface area contributed by atoms with Crippen molar-refractivity contribution >= 4 is 50.0 Å². The number of ether oxygens (including phenoxy) is 1. The third-order valence-electron chi connectivity index (χ3n) is 5.88. The molecule has 10 heteroatoms. The van der Waals surface area contributed by atoms with Gasteiger partial charge in [0.15, 0.2) is 17.4 Å². The maximum atomic E-state index is 14.8. The number of hydrogen-bond acceptors (Lipinski definition) is 4. The summed E-state index contributed by atoms with van der Waals surface area (Å²) in [5, 5.41) is 5.47. The zero-order valence-electron chi connectivity index (χ0n) is 18.4. The molecule has 3 aromatic carbocycles. The quantitative estimate of drug-likeness (QED) is 0.264. The van der Waals surface area contributed by atoms with E-state index in [4.69, 9.17) is 4.74 Å². The Morgan fingerprint density at radius 3 is 2.31 bits per heavy atom. The number of halogens is 4. The van der Waals surface area contributed by atoms with Gasteiger partial charge in [-0.3, -0.25) is 14.6 Å². The van der Waals surface area contributed by atoms with Crippen LogP contribution in [0.25, 0.3) is 10.9 Å². The van der Waals surface area contributed by atoms with Gasteiger partial charge in [-0.25, -0.2) is 13.2 Å². The van der Waals surface area contributed by atoms with Crippen LogP contribution in [0.15, 0.2) is 71.3 Å². The molecule has 182 valence electrons. The number of nitrogens with zero attached hydrogens (tertiary/aromatic N) is 1. The van der Waals surface area contributed by atoms with Crippen molar-refractivity contribution in [2.24, 2.45) is 5.41 Å². The molecule has 1 fully saturated rings. The highest BCUT2D eigenvalue weighted by atomic mass is 79.9. The molecule has 36 heavy (non-hydrogen) atoms. The van der Waals surface area contributed by atoms with Gasteiger partial charge in [-0.1, -0.05) is 15.9 Å². The van der Waals surface area contributed by atoms with E-state index in [0.717, 1.165) is 16.6 Å². The van der Waals surface area contributed by atoms with Crippen LogP contribution in [0.3, 0.4) is 0 Å². The summed E-state index contributed by atoms with van der Waals surface area (Å²) in [5.41, 5.74) is -0.929.